The van der Waals surface area contributed by atoms with Crippen LogP contribution in [0.1, 0.15) is 12.6 Å². The predicted molar refractivity (Wildman–Crippen MR) is 61.9 cm³/mol. The Morgan fingerprint density at radius 2 is 2.12 bits per heavy atom. The Bertz CT molecular complexity index is 372. The zero-order valence-corrected chi connectivity index (χ0v) is 10.0. The first-order valence-electron chi connectivity index (χ1n) is 5.21. The first-order chi connectivity index (χ1) is 7.66. The number of rotatable bonds is 2. The largest absolute Gasteiger partial charge is 0.388 e. The van der Waals surface area contributed by atoms with Crippen molar-refractivity contribution in [1.29, 1.82) is 0 Å². The third-order valence-electron chi connectivity index (χ3n) is 2.78. The number of hydrogen-bond donors (Lipinski definition) is 1. The second-order valence-corrected chi connectivity index (χ2v) is 4.65. The highest BCUT2D eigenvalue weighted by atomic mass is 32.1. The number of aromatic nitrogens is 2. The number of piperazine rings is 1. The molecule has 2 rings (SSSR count). The van der Waals surface area contributed by atoms with Crippen molar-refractivity contribution >= 4 is 22.4 Å². The Kier molecular flexibility index (Phi) is 3.35. The monoisotopic (exact) mass is 241 g/mol. The summed E-state index contributed by atoms with van der Waals surface area (Å²) in [5.41, 5.74) is 6.58. The molecule has 1 aromatic rings. The lowest BCUT2D eigenvalue weighted by Gasteiger charge is -2.33. The minimum Gasteiger partial charge on any atom is -0.388 e. The summed E-state index contributed by atoms with van der Waals surface area (Å²) in [6.07, 6.45) is 0. The second kappa shape index (κ2) is 4.75. The van der Waals surface area contributed by atoms with E-state index in [0.29, 0.717) is 5.00 Å². The number of nitrogens with zero attached hydrogens (tertiary/aromatic N) is 4. The van der Waals surface area contributed by atoms with E-state index in [1.807, 2.05) is 4.90 Å². The summed E-state index contributed by atoms with van der Waals surface area (Å²) in [7, 11) is 0. The van der Waals surface area contributed by atoms with Crippen LogP contribution in [0.2, 0.25) is 0 Å². The molecule has 0 spiro atoms. The lowest BCUT2D eigenvalue weighted by Crippen LogP contribution is -2.47. The molecule has 6 nitrogen and oxygen atoms in total. The zero-order chi connectivity index (χ0) is 11.5. The van der Waals surface area contributed by atoms with Crippen LogP contribution in [-0.2, 0) is 11.3 Å². The average molecular weight is 241 g/mol. The molecular weight excluding hydrogens is 226 g/mol. The summed E-state index contributed by atoms with van der Waals surface area (Å²) >= 11 is 1.22. The summed E-state index contributed by atoms with van der Waals surface area (Å²) in [4.78, 5) is 15.2. The van der Waals surface area contributed by atoms with E-state index in [9.17, 15) is 4.79 Å². The Balaban J connectivity index is 1.86. The molecule has 1 aliphatic heterocycles. The van der Waals surface area contributed by atoms with Gasteiger partial charge in [0.15, 0.2) is 0 Å². The van der Waals surface area contributed by atoms with Gasteiger partial charge >= 0.3 is 0 Å². The van der Waals surface area contributed by atoms with Gasteiger partial charge in [-0.2, -0.15) is 0 Å². The van der Waals surface area contributed by atoms with E-state index in [-0.39, 0.29) is 5.91 Å². The summed E-state index contributed by atoms with van der Waals surface area (Å²) in [6.45, 7) is 5.65. The highest BCUT2D eigenvalue weighted by Crippen LogP contribution is 2.15. The molecule has 88 valence electrons. The first-order valence-corrected chi connectivity index (χ1v) is 5.98. The highest BCUT2D eigenvalue weighted by Gasteiger charge is 2.19. The fraction of sp³-hybridized carbons (Fsp3) is 0.667. The molecule has 0 atom stereocenters. The van der Waals surface area contributed by atoms with Crippen LogP contribution in [0.3, 0.4) is 0 Å². The number of nitrogens with two attached hydrogens (primary N) is 1. The van der Waals surface area contributed by atoms with Crippen molar-refractivity contribution in [3.05, 3.63) is 5.69 Å². The Hall–Kier alpha value is -1.21. The molecule has 1 aromatic heterocycles. The third kappa shape index (κ3) is 2.48. The lowest BCUT2D eigenvalue weighted by molar-refractivity contribution is -0.130. The van der Waals surface area contributed by atoms with Gasteiger partial charge in [0.1, 0.15) is 10.7 Å². The van der Waals surface area contributed by atoms with Crippen molar-refractivity contribution in [1.82, 2.24) is 19.4 Å². The molecule has 2 heterocycles. The fourth-order valence-corrected chi connectivity index (χ4v) is 2.20. The van der Waals surface area contributed by atoms with Gasteiger partial charge in [0.05, 0.1) is 0 Å². The Morgan fingerprint density at radius 1 is 1.44 bits per heavy atom. The summed E-state index contributed by atoms with van der Waals surface area (Å²) in [6, 6.07) is 0. The summed E-state index contributed by atoms with van der Waals surface area (Å²) in [5.74, 6) is 0.148. The van der Waals surface area contributed by atoms with Gasteiger partial charge < -0.3 is 10.6 Å². The smallest absolute Gasteiger partial charge is 0.219 e. The van der Waals surface area contributed by atoms with E-state index in [4.69, 9.17) is 5.73 Å². The summed E-state index contributed by atoms with van der Waals surface area (Å²) < 4.78 is 3.81. The Labute approximate surface area is 98.2 Å². The third-order valence-corrected chi connectivity index (χ3v) is 3.37. The number of nitrogen functional groups attached to an aromatic ring is 1. The normalized spacial score (nSPS) is 17.7. The van der Waals surface area contributed by atoms with Gasteiger partial charge in [-0.25, -0.2) is 0 Å². The summed E-state index contributed by atoms with van der Waals surface area (Å²) in [5, 5.41) is 4.67. The maximum atomic E-state index is 11.1. The second-order valence-electron chi connectivity index (χ2n) is 3.87. The number of amides is 1. The number of carbonyl (C=O) groups is 1. The van der Waals surface area contributed by atoms with Gasteiger partial charge in [0.25, 0.3) is 0 Å². The molecule has 7 heteroatoms. The zero-order valence-electron chi connectivity index (χ0n) is 9.22. The van der Waals surface area contributed by atoms with Crippen LogP contribution in [0.4, 0.5) is 5.00 Å². The molecule has 0 unspecified atom stereocenters. The standard InChI is InChI=1S/C9H15N5OS/c1-7(15)14-4-2-13(3-5-14)6-8-9(10)16-12-11-8/h2-6,10H2,1H3. The molecular formula is C9H15N5OS. The molecule has 0 bridgehead atoms. The van der Waals surface area contributed by atoms with Crippen molar-refractivity contribution in [2.75, 3.05) is 31.9 Å². The quantitative estimate of drug-likeness (QED) is 0.775. The van der Waals surface area contributed by atoms with Crippen LogP contribution in [0, 0.1) is 0 Å². The topological polar surface area (TPSA) is 75.4 Å². The van der Waals surface area contributed by atoms with E-state index in [0.717, 1.165) is 38.4 Å². The van der Waals surface area contributed by atoms with Gasteiger partial charge in [-0.05, 0) is 0 Å². The van der Waals surface area contributed by atoms with Crippen LogP contribution in [-0.4, -0.2) is 51.5 Å². The van der Waals surface area contributed by atoms with Crippen LogP contribution in [0.25, 0.3) is 0 Å². The van der Waals surface area contributed by atoms with Crippen LogP contribution >= 0.6 is 11.5 Å². The van der Waals surface area contributed by atoms with Crippen LogP contribution in [0.5, 0.6) is 0 Å². The first kappa shape index (κ1) is 11.3. The van der Waals surface area contributed by atoms with E-state index < -0.39 is 0 Å². The number of hydrogen-bond acceptors (Lipinski definition) is 6. The van der Waals surface area contributed by atoms with Crippen LogP contribution < -0.4 is 5.73 Å². The molecule has 0 aromatic carbocycles. The average Bonchev–Trinajstić information content (AvgIpc) is 2.65. The van der Waals surface area contributed by atoms with E-state index in [1.54, 1.807) is 6.92 Å². The highest BCUT2D eigenvalue weighted by molar-refractivity contribution is 7.09. The van der Waals surface area contributed by atoms with Crippen molar-refractivity contribution in [2.24, 2.45) is 0 Å². The molecule has 0 saturated carbocycles. The molecule has 2 N–H and O–H groups in total. The molecule has 1 aliphatic rings. The van der Waals surface area contributed by atoms with E-state index >= 15 is 0 Å². The lowest BCUT2D eigenvalue weighted by atomic mass is 10.3. The number of anilines is 1. The molecule has 0 radical (unpaired) electrons. The van der Waals surface area contributed by atoms with Crippen molar-refractivity contribution < 1.29 is 4.79 Å². The predicted octanol–water partition coefficient (Wildman–Crippen LogP) is -0.216. The van der Waals surface area contributed by atoms with Crippen molar-refractivity contribution in [2.45, 2.75) is 13.5 Å². The SMILES string of the molecule is CC(=O)N1CCN(Cc2nnsc2N)CC1. The van der Waals surface area contributed by atoms with E-state index in [2.05, 4.69) is 14.5 Å². The molecule has 16 heavy (non-hydrogen) atoms. The van der Waals surface area contributed by atoms with Gasteiger partial charge in [-0.15, -0.1) is 5.10 Å². The molecule has 1 fully saturated rings. The van der Waals surface area contributed by atoms with E-state index in [1.165, 1.54) is 11.5 Å². The maximum Gasteiger partial charge on any atom is 0.219 e. The van der Waals surface area contributed by atoms with Gasteiger partial charge in [-0.3, -0.25) is 9.69 Å². The number of carbonyl (C=O) groups excluding carboxylic acids is 1. The minimum atomic E-state index is 0.148. The fourth-order valence-electron chi connectivity index (χ4n) is 1.76. The van der Waals surface area contributed by atoms with Gasteiger partial charge in [0.2, 0.25) is 5.91 Å². The maximum absolute atomic E-state index is 11.1. The van der Waals surface area contributed by atoms with Gasteiger partial charge in [-0.1, -0.05) is 4.49 Å². The van der Waals surface area contributed by atoms with Crippen LogP contribution in [0.15, 0.2) is 0 Å². The molecule has 1 amide bonds. The minimum absolute atomic E-state index is 0.148. The van der Waals surface area contributed by atoms with Crippen molar-refractivity contribution in [3.8, 4) is 0 Å². The molecule has 1 saturated heterocycles. The Morgan fingerprint density at radius 3 is 2.62 bits per heavy atom. The molecule has 0 aliphatic carbocycles. The van der Waals surface area contributed by atoms with Gasteiger partial charge in [0, 0.05) is 51.2 Å². The van der Waals surface area contributed by atoms with Crippen molar-refractivity contribution in [3.63, 3.8) is 0 Å².